The summed E-state index contributed by atoms with van der Waals surface area (Å²) in [6.07, 6.45) is 0. The molecule has 0 aliphatic carbocycles. The zero-order chi connectivity index (χ0) is 11.3. The van der Waals surface area contributed by atoms with Gasteiger partial charge < -0.3 is 5.73 Å². The van der Waals surface area contributed by atoms with Crippen molar-refractivity contribution in [2.45, 2.75) is 38.6 Å². The van der Waals surface area contributed by atoms with Gasteiger partial charge in [0.15, 0.2) is 0 Å². The lowest BCUT2D eigenvalue weighted by atomic mass is 9.67. The van der Waals surface area contributed by atoms with Crippen molar-refractivity contribution in [3.8, 4) is 0 Å². The molecule has 1 aliphatic rings. The molecule has 80 valence electrons. The first kappa shape index (κ1) is 10.2. The zero-order valence-electron chi connectivity index (χ0n) is 9.83. The highest BCUT2D eigenvalue weighted by molar-refractivity contribution is 6.00. The predicted octanol–water partition coefficient (Wildman–Crippen LogP) is 2.46. The summed E-state index contributed by atoms with van der Waals surface area (Å²) in [5.74, 6) is 0.662. The Morgan fingerprint density at radius 1 is 1.07 bits per heavy atom. The molecule has 0 unspecified atom stereocenters. The summed E-state index contributed by atoms with van der Waals surface area (Å²) in [5.41, 5.74) is 8.25. The van der Waals surface area contributed by atoms with Gasteiger partial charge in [-0.05, 0) is 19.4 Å². The van der Waals surface area contributed by atoms with Crippen LogP contribution in [0.3, 0.4) is 0 Å². The lowest BCUT2D eigenvalue weighted by molar-refractivity contribution is 0.303. The molecule has 15 heavy (non-hydrogen) atoms. The van der Waals surface area contributed by atoms with Gasteiger partial charge in [0.2, 0.25) is 0 Å². The van der Waals surface area contributed by atoms with E-state index < -0.39 is 0 Å². The maximum Gasteiger partial charge on any atom is 0.126 e. The lowest BCUT2D eigenvalue weighted by Gasteiger charge is -2.43. The van der Waals surface area contributed by atoms with Crippen LogP contribution in [0.25, 0.3) is 0 Å². The molecule has 0 spiro atoms. The third kappa shape index (κ3) is 1.28. The number of rotatable bonds is 0. The second-order valence-electron chi connectivity index (χ2n) is 5.23. The first-order valence-corrected chi connectivity index (χ1v) is 5.31. The van der Waals surface area contributed by atoms with E-state index in [4.69, 9.17) is 5.73 Å². The van der Waals surface area contributed by atoms with E-state index in [0.717, 1.165) is 5.56 Å². The normalized spacial score (nSPS) is 21.7. The molecule has 2 nitrogen and oxygen atoms in total. The van der Waals surface area contributed by atoms with E-state index >= 15 is 0 Å². The van der Waals surface area contributed by atoms with Gasteiger partial charge in [-0.1, -0.05) is 38.1 Å². The highest BCUT2D eigenvalue weighted by Gasteiger charge is 2.42. The number of nitrogens with two attached hydrogens (primary N) is 1. The van der Waals surface area contributed by atoms with Gasteiger partial charge in [0.05, 0.1) is 5.54 Å². The third-order valence-corrected chi connectivity index (χ3v) is 3.81. The van der Waals surface area contributed by atoms with Gasteiger partial charge in [0.1, 0.15) is 5.84 Å². The molecule has 0 amide bonds. The molecule has 0 aromatic heterocycles. The van der Waals surface area contributed by atoms with E-state index in [2.05, 4.69) is 44.8 Å². The molecular formula is C13H18N2. The Morgan fingerprint density at radius 2 is 1.67 bits per heavy atom. The number of amidine groups is 1. The Bertz CT molecular complexity index is 428. The summed E-state index contributed by atoms with van der Waals surface area (Å²) in [6, 6.07) is 8.27. The van der Waals surface area contributed by atoms with Gasteiger partial charge >= 0.3 is 0 Å². The summed E-state index contributed by atoms with van der Waals surface area (Å²) >= 11 is 0. The molecule has 0 atom stereocenters. The molecular weight excluding hydrogens is 184 g/mol. The van der Waals surface area contributed by atoms with Crippen LogP contribution in [-0.2, 0) is 5.41 Å². The number of benzene rings is 1. The average Bonchev–Trinajstić information content (AvgIpc) is 2.15. The van der Waals surface area contributed by atoms with Crippen molar-refractivity contribution in [1.82, 2.24) is 0 Å². The second-order valence-corrected chi connectivity index (χ2v) is 5.23. The van der Waals surface area contributed by atoms with Crippen molar-refractivity contribution < 1.29 is 0 Å². The van der Waals surface area contributed by atoms with Crippen LogP contribution in [0.5, 0.6) is 0 Å². The number of hydrogen-bond donors (Lipinski definition) is 1. The number of aliphatic imine (C=N–C) groups is 1. The molecule has 1 aliphatic heterocycles. The Morgan fingerprint density at radius 3 is 2.33 bits per heavy atom. The molecule has 0 saturated heterocycles. The average molecular weight is 202 g/mol. The van der Waals surface area contributed by atoms with Gasteiger partial charge in [0.25, 0.3) is 0 Å². The van der Waals surface area contributed by atoms with E-state index in [1.807, 2.05) is 12.1 Å². The molecule has 1 heterocycles. The minimum atomic E-state index is -0.147. The minimum Gasteiger partial charge on any atom is -0.383 e. The van der Waals surface area contributed by atoms with E-state index in [0.29, 0.717) is 5.84 Å². The quantitative estimate of drug-likeness (QED) is 0.689. The largest absolute Gasteiger partial charge is 0.383 e. The first-order chi connectivity index (χ1) is 6.86. The molecule has 0 bridgehead atoms. The highest BCUT2D eigenvalue weighted by Crippen LogP contribution is 2.42. The zero-order valence-corrected chi connectivity index (χ0v) is 9.83. The summed E-state index contributed by atoms with van der Waals surface area (Å²) in [5, 5.41) is 0. The van der Waals surface area contributed by atoms with Crippen LogP contribution in [0, 0.1) is 0 Å². The SMILES string of the molecule is CC1(C)N=C(N)c2ccccc2C1(C)C. The monoisotopic (exact) mass is 202 g/mol. The predicted molar refractivity (Wildman–Crippen MR) is 64.3 cm³/mol. The fraction of sp³-hybridized carbons (Fsp3) is 0.462. The maximum absolute atomic E-state index is 5.99. The number of nitrogens with zero attached hydrogens (tertiary/aromatic N) is 1. The van der Waals surface area contributed by atoms with Gasteiger partial charge in [0, 0.05) is 11.0 Å². The molecule has 2 heteroatoms. The van der Waals surface area contributed by atoms with Crippen LogP contribution < -0.4 is 5.73 Å². The van der Waals surface area contributed by atoms with Crippen LogP contribution in [0.15, 0.2) is 29.3 Å². The van der Waals surface area contributed by atoms with E-state index in [1.54, 1.807) is 0 Å². The van der Waals surface area contributed by atoms with Crippen molar-refractivity contribution in [2.75, 3.05) is 0 Å². The van der Waals surface area contributed by atoms with Gasteiger partial charge in [-0.25, -0.2) is 0 Å². The summed E-state index contributed by atoms with van der Waals surface area (Å²) in [4.78, 5) is 4.60. The van der Waals surface area contributed by atoms with Crippen LogP contribution in [0.2, 0.25) is 0 Å². The Labute approximate surface area is 91.2 Å². The Balaban J connectivity index is 2.73. The fourth-order valence-electron chi connectivity index (χ4n) is 2.08. The number of hydrogen-bond acceptors (Lipinski definition) is 2. The van der Waals surface area contributed by atoms with Gasteiger partial charge in [-0.15, -0.1) is 0 Å². The summed E-state index contributed by atoms with van der Waals surface area (Å²) < 4.78 is 0. The molecule has 0 radical (unpaired) electrons. The van der Waals surface area contributed by atoms with E-state index in [1.165, 1.54) is 5.56 Å². The molecule has 0 saturated carbocycles. The topological polar surface area (TPSA) is 38.4 Å². The third-order valence-electron chi connectivity index (χ3n) is 3.81. The highest BCUT2D eigenvalue weighted by atomic mass is 15.0. The van der Waals surface area contributed by atoms with Crippen LogP contribution in [-0.4, -0.2) is 11.4 Å². The molecule has 1 aromatic rings. The standard InChI is InChI=1S/C13H18N2/c1-12(2)10-8-6-5-7-9(10)11(14)15-13(12,3)4/h5-8H,1-4H3,(H2,14,15). The summed E-state index contributed by atoms with van der Waals surface area (Å²) in [6.45, 7) is 8.72. The van der Waals surface area contributed by atoms with Crippen molar-refractivity contribution in [3.05, 3.63) is 35.4 Å². The van der Waals surface area contributed by atoms with Crippen molar-refractivity contribution >= 4 is 5.84 Å². The maximum atomic E-state index is 5.99. The van der Waals surface area contributed by atoms with Crippen LogP contribution in [0.1, 0.15) is 38.8 Å². The van der Waals surface area contributed by atoms with Gasteiger partial charge in [-0.2, -0.15) is 0 Å². The van der Waals surface area contributed by atoms with E-state index in [-0.39, 0.29) is 11.0 Å². The molecule has 0 fully saturated rings. The second kappa shape index (κ2) is 2.84. The number of fused-ring (bicyclic) bond motifs is 1. The van der Waals surface area contributed by atoms with Crippen molar-refractivity contribution in [1.29, 1.82) is 0 Å². The smallest absolute Gasteiger partial charge is 0.126 e. The molecule has 2 N–H and O–H groups in total. The lowest BCUT2D eigenvalue weighted by Crippen LogP contribution is -2.47. The van der Waals surface area contributed by atoms with E-state index in [9.17, 15) is 0 Å². The molecule has 1 aromatic carbocycles. The van der Waals surface area contributed by atoms with Crippen LogP contribution in [0.4, 0.5) is 0 Å². The van der Waals surface area contributed by atoms with Crippen molar-refractivity contribution in [2.24, 2.45) is 10.7 Å². The minimum absolute atomic E-state index is 0.0203. The Hall–Kier alpha value is -1.31. The Kier molecular flexibility index (Phi) is 1.94. The summed E-state index contributed by atoms with van der Waals surface area (Å²) in [7, 11) is 0. The van der Waals surface area contributed by atoms with Crippen LogP contribution >= 0.6 is 0 Å². The fourth-order valence-corrected chi connectivity index (χ4v) is 2.08. The first-order valence-electron chi connectivity index (χ1n) is 5.31. The molecule has 2 rings (SSSR count). The van der Waals surface area contributed by atoms with Crippen molar-refractivity contribution in [3.63, 3.8) is 0 Å². The van der Waals surface area contributed by atoms with Gasteiger partial charge in [-0.3, -0.25) is 4.99 Å².